The van der Waals surface area contributed by atoms with Crippen molar-refractivity contribution in [1.29, 1.82) is 0 Å². The van der Waals surface area contributed by atoms with E-state index in [4.69, 9.17) is 0 Å². The zero-order valence-electron chi connectivity index (χ0n) is 2.42. The van der Waals surface area contributed by atoms with Crippen molar-refractivity contribution < 1.29 is 0 Å². The predicted octanol–water partition coefficient (Wildman–Crippen LogP) is 0.505. The van der Waals surface area contributed by atoms with Gasteiger partial charge < -0.3 is 0 Å². The second-order valence-electron chi connectivity index (χ2n) is 0.360. The van der Waals surface area contributed by atoms with E-state index in [9.17, 15) is 0 Å². The molecule has 0 aromatic carbocycles. The highest BCUT2D eigenvalue weighted by atomic mass is 32.1. The molecule has 0 amide bonds. The summed E-state index contributed by atoms with van der Waals surface area (Å²) in [4.78, 5) is 0. The minimum atomic E-state index is 1.23. The van der Waals surface area contributed by atoms with E-state index in [-0.39, 0.29) is 0 Å². The molecular weight excluding hydrogens is 102 g/mol. The molecule has 0 bridgehead atoms. The molecule has 0 saturated heterocycles. The first-order valence-electron chi connectivity index (χ1n) is 0.988. The van der Waals surface area contributed by atoms with E-state index in [1.54, 1.807) is 0 Å². The Labute approximate surface area is 41.4 Å². The van der Waals surface area contributed by atoms with E-state index < -0.39 is 0 Å². The number of nitrogens with zero attached hydrogens (tertiary/aromatic N) is 1. The Morgan fingerprint density at radius 2 is 1.60 bits per heavy atom. The second-order valence-corrected chi connectivity index (χ2v) is 0.782. The van der Waals surface area contributed by atoms with E-state index in [0.717, 1.165) is 0 Å². The van der Waals surface area contributed by atoms with Gasteiger partial charge in [0.2, 0.25) is 0 Å². The molecule has 0 aliphatic heterocycles. The quantitative estimate of drug-likeness (QED) is 0.474. The molecule has 0 aliphatic rings. The SMILES string of the molecule is S=C[N]C=S. The lowest BCUT2D eigenvalue weighted by atomic mass is 11.3. The van der Waals surface area contributed by atoms with Crippen LogP contribution in [0.3, 0.4) is 0 Å². The lowest BCUT2D eigenvalue weighted by molar-refractivity contribution is 1.54. The van der Waals surface area contributed by atoms with Gasteiger partial charge in [0.05, 0.1) is 11.0 Å². The molecule has 0 N–H and O–H groups in total. The van der Waals surface area contributed by atoms with E-state index >= 15 is 0 Å². The van der Waals surface area contributed by atoms with Gasteiger partial charge in [0.25, 0.3) is 0 Å². The third-order valence-corrected chi connectivity index (χ3v) is 0.365. The van der Waals surface area contributed by atoms with Crippen LogP contribution < -0.4 is 5.32 Å². The van der Waals surface area contributed by atoms with Crippen molar-refractivity contribution >= 4 is 35.4 Å². The number of rotatable bonds is 2. The van der Waals surface area contributed by atoms with Crippen LogP contribution in [0.2, 0.25) is 0 Å². The molecule has 0 atom stereocenters. The van der Waals surface area contributed by atoms with Gasteiger partial charge in [-0.15, -0.1) is 0 Å². The van der Waals surface area contributed by atoms with E-state index in [1.165, 1.54) is 11.0 Å². The van der Waals surface area contributed by atoms with Crippen LogP contribution >= 0.6 is 24.4 Å². The molecule has 3 heteroatoms. The van der Waals surface area contributed by atoms with Crippen LogP contribution in [-0.4, -0.2) is 11.0 Å². The van der Waals surface area contributed by atoms with Crippen LogP contribution in [0, 0.1) is 0 Å². The van der Waals surface area contributed by atoms with Gasteiger partial charge in [0, 0.05) is 0 Å². The minimum absolute atomic E-state index is 1.23. The standard InChI is InChI=1S/C2H2NS2/c4-1-3-2-5/h1-2H. The molecule has 0 aromatic rings. The van der Waals surface area contributed by atoms with Gasteiger partial charge in [-0.25, -0.2) is 5.32 Å². The zero-order valence-corrected chi connectivity index (χ0v) is 4.05. The first-order valence-corrected chi connectivity index (χ1v) is 1.93. The van der Waals surface area contributed by atoms with E-state index in [2.05, 4.69) is 29.8 Å². The van der Waals surface area contributed by atoms with Gasteiger partial charge in [-0.2, -0.15) is 0 Å². The molecule has 0 aliphatic carbocycles. The largest absolute Gasteiger partial charge is 0.242 e. The molecule has 0 fully saturated rings. The Morgan fingerprint density at radius 3 is 1.60 bits per heavy atom. The average molecular weight is 104 g/mol. The molecule has 0 saturated carbocycles. The van der Waals surface area contributed by atoms with Crippen LogP contribution in [0.25, 0.3) is 0 Å². The summed E-state index contributed by atoms with van der Waals surface area (Å²) in [7, 11) is 0. The minimum Gasteiger partial charge on any atom is -0.242 e. The summed E-state index contributed by atoms with van der Waals surface area (Å²) in [5.41, 5.74) is 2.46. The summed E-state index contributed by atoms with van der Waals surface area (Å²) in [6.07, 6.45) is 0. The van der Waals surface area contributed by atoms with Gasteiger partial charge >= 0.3 is 0 Å². The lowest BCUT2D eigenvalue weighted by Gasteiger charge is -1.65. The van der Waals surface area contributed by atoms with Crippen molar-refractivity contribution in [2.75, 3.05) is 0 Å². The second kappa shape index (κ2) is 3.98. The van der Waals surface area contributed by atoms with Crippen LogP contribution in [0.5, 0.6) is 0 Å². The lowest BCUT2D eigenvalue weighted by Crippen LogP contribution is -1.89. The van der Waals surface area contributed by atoms with Gasteiger partial charge in [-0.1, -0.05) is 24.4 Å². The Balaban J connectivity index is 2.65. The van der Waals surface area contributed by atoms with Crippen molar-refractivity contribution in [3.05, 3.63) is 0 Å². The number of thiocarbonyl (C=S) groups is 2. The number of hydrogen-bond acceptors (Lipinski definition) is 2. The normalized spacial score (nSPS) is 5.60. The van der Waals surface area contributed by atoms with Gasteiger partial charge in [0.1, 0.15) is 0 Å². The van der Waals surface area contributed by atoms with Gasteiger partial charge in [0.15, 0.2) is 0 Å². The fourth-order valence-electron chi connectivity index (χ4n) is 0.0248. The van der Waals surface area contributed by atoms with Crippen LogP contribution in [0.1, 0.15) is 0 Å². The summed E-state index contributed by atoms with van der Waals surface area (Å²) in [6, 6.07) is 0. The predicted molar refractivity (Wildman–Crippen MR) is 29.4 cm³/mol. The monoisotopic (exact) mass is 104 g/mol. The summed E-state index contributed by atoms with van der Waals surface area (Å²) < 4.78 is 0. The molecular formula is C2H2NS2. The van der Waals surface area contributed by atoms with Crippen LogP contribution in [0.15, 0.2) is 0 Å². The van der Waals surface area contributed by atoms with Crippen molar-refractivity contribution in [1.82, 2.24) is 5.32 Å². The summed E-state index contributed by atoms with van der Waals surface area (Å²) in [6.45, 7) is 0. The molecule has 0 heterocycles. The smallest absolute Gasteiger partial charge is 0.0907 e. The van der Waals surface area contributed by atoms with Crippen molar-refractivity contribution in [3.8, 4) is 0 Å². The summed E-state index contributed by atoms with van der Waals surface area (Å²) in [5.74, 6) is 0. The zero-order chi connectivity index (χ0) is 4.12. The maximum Gasteiger partial charge on any atom is 0.0907 e. The Morgan fingerprint density at radius 1 is 1.20 bits per heavy atom. The van der Waals surface area contributed by atoms with Crippen LogP contribution in [-0.2, 0) is 0 Å². The van der Waals surface area contributed by atoms with Crippen LogP contribution in [0.4, 0.5) is 0 Å². The molecule has 0 unspecified atom stereocenters. The molecule has 27 valence electrons. The van der Waals surface area contributed by atoms with Gasteiger partial charge in [-0.05, 0) is 0 Å². The van der Waals surface area contributed by atoms with E-state index in [0.29, 0.717) is 0 Å². The highest BCUT2D eigenvalue weighted by Crippen LogP contribution is 1.42. The maximum atomic E-state index is 4.26. The Bertz CT molecular complexity index is 36.9. The maximum absolute atomic E-state index is 4.26. The molecule has 5 heavy (non-hydrogen) atoms. The highest BCUT2D eigenvalue weighted by Gasteiger charge is 1.53. The summed E-state index contributed by atoms with van der Waals surface area (Å²) in [5, 5.41) is 3.35. The third kappa shape index (κ3) is 3.98. The molecule has 1 radical (unpaired) electrons. The first kappa shape index (κ1) is 4.98. The summed E-state index contributed by atoms with van der Waals surface area (Å²) >= 11 is 8.52. The van der Waals surface area contributed by atoms with Gasteiger partial charge in [-0.3, -0.25) is 0 Å². The fourth-order valence-corrected chi connectivity index (χ4v) is 0.224. The highest BCUT2D eigenvalue weighted by molar-refractivity contribution is 7.80. The number of hydrogen-bond donors (Lipinski definition) is 0. The molecule has 0 aromatic heterocycles. The molecule has 1 nitrogen and oxygen atoms in total. The van der Waals surface area contributed by atoms with Crippen molar-refractivity contribution in [2.24, 2.45) is 0 Å². The average Bonchev–Trinajstić information content (AvgIpc) is 1.41. The first-order chi connectivity index (χ1) is 2.41. The topological polar surface area (TPSA) is 14.1 Å². The Kier molecular flexibility index (Phi) is 3.96. The Hall–Kier alpha value is -0.0200. The molecule has 0 rings (SSSR count). The van der Waals surface area contributed by atoms with Crippen molar-refractivity contribution in [2.45, 2.75) is 0 Å². The molecule has 0 spiro atoms. The van der Waals surface area contributed by atoms with E-state index in [1.807, 2.05) is 0 Å². The third-order valence-electron chi connectivity index (χ3n) is 0.122. The fraction of sp³-hybridized carbons (Fsp3) is 0. The van der Waals surface area contributed by atoms with Crippen molar-refractivity contribution in [3.63, 3.8) is 0 Å².